The van der Waals surface area contributed by atoms with Crippen LogP contribution in [0.3, 0.4) is 0 Å². The normalized spacial score (nSPS) is 11.9. The maximum absolute atomic E-state index is 13.6. The summed E-state index contributed by atoms with van der Waals surface area (Å²) in [4.78, 5) is 8.40. The summed E-state index contributed by atoms with van der Waals surface area (Å²) in [6.07, 6.45) is -0.166. The molecule has 136 valence electrons. The molecule has 0 unspecified atom stereocenters. The summed E-state index contributed by atoms with van der Waals surface area (Å²) < 4.78 is 41.6. The van der Waals surface area contributed by atoms with Gasteiger partial charge in [0, 0.05) is 29.1 Å². The van der Waals surface area contributed by atoms with Crippen LogP contribution in [0, 0.1) is 0 Å². The van der Waals surface area contributed by atoms with Gasteiger partial charge in [0.2, 0.25) is 0 Å². The fourth-order valence-corrected chi connectivity index (χ4v) is 2.99. The summed E-state index contributed by atoms with van der Waals surface area (Å²) >= 11 is 11.9. The molecule has 0 N–H and O–H groups in total. The molecule has 27 heavy (non-hydrogen) atoms. The minimum absolute atomic E-state index is 0.0684. The summed E-state index contributed by atoms with van der Waals surface area (Å²) in [6.45, 7) is 0. The summed E-state index contributed by atoms with van der Waals surface area (Å²) in [6, 6.07) is 8.90. The third-order valence-electron chi connectivity index (χ3n) is 3.95. The molecule has 3 aromatic heterocycles. The number of hydrogen-bond donors (Lipinski definition) is 0. The van der Waals surface area contributed by atoms with Crippen molar-refractivity contribution in [3.05, 3.63) is 70.7 Å². The predicted molar refractivity (Wildman–Crippen MR) is 96.7 cm³/mol. The van der Waals surface area contributed by atoms with Crippen molar-refractivity contribution in [1.29, 1.82) is 0 Å². The van der Waals surface area contributed by atoms with E-state index in [1.54, 1.807) is 24.4 Å². The van der Waals surface area contributed by atoms with Gasteiger partial charge in [-0.3, -0.25) is 4.98 Å². The molecule has 0 fully saturated rings. The molecule has 0 saturated carbocycles. The van der Waals surface area contributed by atoms with Gasteiger partial charge in [-0.15, -0.1) is 0 Å². The van der Waals surface area contributed by atoms with Crippen molar-refractivity contribution >= 4 is 28.8 Å². The van der Waals surface area contributed by atoms with Gasteiger partial charge in [0.25, 0.3) is 0 Å². The fraction of sp³-hybridized carbons (Fsp3) is 0.0556. The Morgan fingerprint density at radius 1 is 0.926 bits per heavy atom. The molecule has 4 aromatic rings. The standard InChI is InChI=1S/C18H9Cl2F3N4/c19-13-4-3-10(6-14(13)20)15-7-16(18(21,22)23)27-17(26-15)12(9-25-27)11-2-1-5-24-8-11/h1-9H. The van der Waals surface area contributed by atoms with E-state index in [0.29, 0.717) is 21.7 Å². The van der Waals surface area contributed by atoms with Crippen molar-refractivity contribution in [1.82, 2.24) is 19.6 Å². The van der Waals surface area contributed by atoms with Gasteiger partial charge in [0.1, 0.15) is 0 Å². The van der Waals surface area contributed by atoms with Gasteiger partial charge in [0.15, 0.2) is 11.3 Å². The molecule has 0 amide bonds. The van der Waals surface area contributed by atoms with Gasteiger partial charge >= 0.3 is 6.18 Å². The SMILES string of the molecule is FC(F)(F)c1cc(-c2ccc(Cl)c(Cl)c2)nc2c(-c3cccnc3)cnn12. The van der Waals surface area contributed by atoms with Crippen LogP contribution in [0.15, 0.2) is 55.0 Å². The van der Waals surface area contributed by atoms with Crippen LogP contribution in [0.5, 0.6) is 0 Å². The highest BCUT2D eigenvalue weighted by molar-refractivity contribution is 6.42. The van der Waals surface area contributed by atoms with Crippen molar-refractivity contribution in [2.24, 2.45) is 0 Å². The van der Waals surface area contributed by atoms with Crippen LogP contribution in [0.4, 0.5) is 13.2 Å². The first-order chi connectivity index (χ1) is 12.8. The van der Waals surface area contributed by atoms with Crippen molar-refractivity contribution in [2.45, 2.75) is 6.18 Å². The smallest absolute Gasteiger partial charge is 0.264 e. The zero-order valence-electron chi connectivity index (χ0n) is 13.4. The lowest BCUT2D eigenvalue weighted by Gasteiger charge is -2.12. The van der Waals surface area contributed by atoms with Crippen molar-refractivity contribution < 1.29 is 13.2 Å². The molecule has 9 heteroatoms. The van der Waals surface area contributed by atoms with Gasteiger partial charge in [-0.2, -0.15) is 18.3 Å². The second-order valence-corrected chi connectivity index (χ2v) is 6.50. The third kappa shape index (κ3) is 3.24. The Morgan fingerprint density at radius 3 is 2.41 bits per heavy atom. The molecule has 0 aliphatic carbocycles. The molecule has 0 saturated heterocycles. The Morgan fingerprint density at radius 2 is 1.74 bits per heavy atom. The predicted octanol–water partition coefficient (Wildman–Crippen LogP) is 5.78. The summed E-state index contributed by atoms with van der Waals surface area (Å²) in [7, 11) is 0. The molecule has 0 aliphatic heterocycles. The number of halogens is 5. The Bertz CT molecular complexity index is 1140. The maximum atomic E-state index is 13.6. The van der Waals surface area contributed by atoms with E-state index < -0.39 is 11.9 Å². The fourth-order valence-electron chi connectivity index (χ4n) is 2.69. The van der Waals surface area contributed by atoms with Crippen molar-refractivity contribution in [2.75, 3.05) is 0 Å². The Kier molecular flexibility index (Phi) is 4.28. The quantitative estimate of drug-likeness (QED) is 0.421. The number of rotatable bonds is 2. The highest BCUT2D eigenvalue weighted by Gasteiger charge is 2.35. The number of alkyl halides is 3. The summed E-state index contributed by atoms with van der Waals surface area (Å²) in [5, 5.41) is 4.42. The van der Waals surface area contributed by atoms with Gasteiger partial charge < -0.3 is 0 Å². The Balaban J connectivity index is 2.01. The molecular formula is C18H9Cl2F3N4. The first-order valence-electron chi connectivity index (χ1n) is 7.66. The van der Waals surface area contributed by atoms with Gasteiger partial charge in [-0.1, -0.05) is 35.3 Å². The Hall–Kier alpha value is -2.64. The number of pyridine rings is 1. The minimum atomic E-state index is -4.62. The average molecular weight is 409 g/mol. The summed E-state index contributed by atoms with van der Waals surface area (Å²) in [5.74, 6) is 0. The number of benzene rings is 1. The number of hydrogen-bond acceptors (Lipinski definition) is 3. The molecule has 0 aliphatic rings. The van der Waals surface area contributed by atoms with Gasteiger partial charge in [-0.25, -0.2) is 9.50 Å². The lowest BCUT2D eigenvalue weighted by molar-refractivity contribution is -0.142. The van der Waals surface area contributed by atoms with Crippen LogP contribution in [-0.4, -0.2) is 19.6 Å². The van der Waals surface area contributed by atoms with Crippen LogP contribution in [0.1, 0.15) is 5.69 Å². The molecule has 1 aromatic carbocycles. The lowest BCUT2D eigenvalue weighted by Crippen LogP contribution is -2.13. The van der Waals surface area contributed by atoms with Crippen molar-refractivity contribution in [3.8, 4) is 22.4 Å². The van der Waals surface area contributed by atoms with E-state index in [0.717, 1.165) is 10.6 Å². The van der Waals surface area contributed by atoms with Crippen LogP contribution in [0.25, 0.3) is 28.0 Å². The summed E-state index contributed by atoms with van der Waals surface area (Å²) in [5.41, 5.74) is 0.701. The zero-order chi connectivity index (χ0) is 19.2. The topological polar surface area (TPSA) is 43.1 Å². The van der Waals surface area contributed by atoms with Crippen LogP contribution in [0.2, 0.25) is 10.0 Å². The average Bonchev–Trinajstić information content (AvgIpc) is 3.07. The van der Waals surface area contributed by atoms with E-state index in [4.69, 9.17) is 23.2 Å². The van der Waals surface area contributed by atoms with Crippen LogP contribution >= 0.6 is 23.2 Å². The molecular weight excluding hydrogens is 400 g/mol. The highest BCUT2D eigenvalue weighted by atomic mass is 35.5. The molecule has 0 bridgehead atoms. The second kappa shape index (κ2) is 6.51. The third-order valence-corrected chi connectivity index (χ3v) is 4.69. The van der Waals surface area contributed by atoms with Crippen LogP contribution in [-0.2, 0) is 6.18 Å². The van der Waals surface area contributed by atoms with E-state index in [1.807, 2.05) is 0 Å². The first-order valence-corrected chi connectivity index (χ1v) is 8.42. The largest absolute Gasteiger partial charge is 0.433 e. The molecule has 0 spiro atoms. The maximum Gasteiger partial charge on any atom is 0.433 e. The molecule has 4 rings (SSSR count). The highest BCUT2D eigenvalue weighted by Crippen LogP contribution is 2.35. The van der Waals surface area contributed by atoms with E-state index in [9.17, 15) is 13.2 Å². The molecule has 0 radical (unpaired) electrons. The molecule has 3 heterocycles. The van der Waals surface area contributed by atoms with E-state index in [-0.39, 0.29) is 16.4 Å². The second-order valence-electron chi connectivity index (χ2n) is 5.69. The number of nitrogens with zero attached hydrogens (tertiary/aromatic N) is 4. The molecule has 4 nitrogen and oxygen atoms in total. The van der Waals surface area contributed by atoms with Crippen molar-refractivity contribution in [3.63, 3.8) is 0 Å². The first kappa shape index (κ1) is 17.8. The Labute approximate surface area is 161 Å². The number of fused-ring (bicyclic) bond motifs is 1. The van der Waals surface area contributed by atoms with Crippen LogP contribution < -0.4 is 0 Å². The van der Waals surface area contributed by atoms with E-state index >= 15 is 0 Å². The molecule has 0 atom stereocenters. The zero-order valence-corrected chi connectivity index (χ0v) is 14.9. The van der Waals surface area contributed by atoms with E-state index in [1.165, 1.54) is 24.5 Å². The number of aromatic nitrogens is 4. The van der Waals surface area contributed by atoms with E-state index in [2.05, 4.69) is 15.1 Å². The lowest BCUT2D eigenvalue weighted by atomic mass is 10.1. The van der Waals surface area contributed by atoms with Gasteiger partial charge in [-0.05, 0) is 24.3 Å². The van der Waals surface area contributed by atoms with Gasteiger partial charge in [0.05, 0.1) is 21.9 Å². The minimum Gasteiger partial charge on any atom is -0.264 e. The monoisotopic (exact) mass is 408 g/mol.